The van der Waals surface area contributed by atoms with Crippen molar-refractivity contribution in [2.75, 3.05) is 12.5 Å². The number of fused-ring (bicyclic) bond motifs is 1. The maximum absolute atomic E-state index is 6.00. The molecule has 0 amide bonds. The van der Waals surface area contributed by atoms with Crippen LogP contribution in [0.1, 0.15) is 5.56 Å². The van der Waals surface area contributed by atoms with Crippen molar-refractivity contribution in [1.29, 1.82) is 0 Å². The van der Waals surface area contributed by atoms with Crippen molar-refractivity contribution >= 4 is 17.2 Å². The number of benzene rings is 1. The summed E-state index contributed by atoms with van der Waals surface area (Å²) in [6.45, 7) is 2.28. The second-order valence-corrected chi connectivity index (χ2v) is 5.55. The quantitative estimate of drug-likeness (QED) is 0.781. The Kier molecular flexibility index (Phi) is 2.65. The summed E-state index contributed by atoms with van der Waals surface area (Å²) in [5.41, 5.74) is 9.84. The first kappa shape index (κ1) is 12.3. The topological polar surface area (TPSA) is 70.5 Å². The highest BCUT2D eigenvalue weighted by atomic mass is 32.1. The summed E-state index contributed by atoms with van der Waals surface area (Å²) >= 11 is 1.62. The molecule has 0 saturated heterocycles. The fourth-order valence-electron chi connectivity index (χ4n) is 2.41. The third-order valence-electron chi connectivity index (χ3n) is 3.48. The fourth-order valence-corrected chi connectivity index (χ4v) is 3.24. The zero-order valence-electron chi connectivity index (χ0n) is 11.3. The maximum Gasteiger partial charge on any atom is 0.231 e. The normalized spacial score (nSPS) is 12.8. The Morgan fingerprint density at radius 3 is 2.86 bits per heavy atom. The summed E-state index contributed by atoms with van der Waals surface area (Å²) in [5.74, 6) is 2.50. The van der Waals surface area contributed by atoms with Gasteiger partial charge in [0.25, 0.3) is 0 Å². The van der Waals surface area contributed by atoms with Crippen LogP contribution < -0.4 is 15.2 Å². The van der Waals surface area contributed by atoms with Gasteiger partial charge in [-0.25, -0.2) is 0 Å². The zero-order chi connectivity index (χ0) is 14.4. The van der Waals surface area contributed by atoms with E-state index in [0.717, 1.165) is 28.0 Å². The average molecular weight is 300 g/mol. The van der Waals surface area contributed by atoms with Gasteiger partial charge in [0.2, 0.25) is 6.79 Å². The SMILES string of the molecule is Cc1cscc1-c1onc(N)c1-c1ccc2c(c1)OCO2. The number of aryl methyl sites for hydroxylation is 1. The molecule has 3 aromatic rings. The molecule has 2 N–H and O–H groups in total. The van der Waals surface area contributed by atoms with E-state index in [1.54, 1.807) is 11.3 Å². The lowest BCUT2D eigenvalue weighted by Crippen LogP contribution is -1.93. The molecule has 0 bridgehead atoms. The van der Waals surface area contributed by atoms with Gasteiger partial charge in [-0.05, 0) is 35.6 Å². The van der Waals surface area contributed by atoms with Crippen LogP contribution in [0, 0.1) is 6.92 Å². The van der Waals surface area contributed by atoms with Crippen LogP contribution in [0.4, 0.5) is 5.82 Å². The highest BCUT2D eigenvalue weighted by molar-refractivity contribution is 7.08. The molecule has 106 valence electrons. The predicted octanol–water partition coefficient (Wildman–Crippen LogP) is 3.69. The second kappa shape index (κ2) is 4.53. The molecule has 6 heteroatoms. The van der Waals surface area contributed by atoms with Crippen molar-refractivity contribution in [2.24, 2.45) is 0 Å². The minimum absolute atomic E-state index is 0.244. The Morgan fingerprint density at radius 2 is 2.05 bits per heavy atom. The standard InChI is InChI=1S/C15H12N2O3S/c1-8-5-21-6-10(8)14-13(15(16)17-20-14)9-2-3-11-12(4-9)19-7-18-11/h2-6H,7H2,1H3,(H2,16,17). The van der Waals surface area contributed by atoms with Crippen LogP contribution in [0.25, 0.3) is 22.5 Å². The van der Waals surface area contributed by atoms with E-state index in [4.69, 9.17) is 19.7 Å². The molecule has 21 heavy (non-hydrogen) atoms. The number of nitrogen functional groups attached to an aromatic ring is 1. The van der Waals surface area contributed by atoms with Gasteiger partial charge in [-0.2, -0.15) is 11.3 Å². The van der Waals surface area contributed by atoms with E-state index in [2.05, 4.69) is 10.5 Å². The number of rotatable bonds is 2. The third-order valence-corrected chi connectivity index (χ3v) is 4.34. The van der Waals surface area contributed by atoms with Crippen LogP contribution in [0.3, 0.4) is 0 Å². The maximum atomic E-state index is 6.00. The lowest BCUT2D eigenvalue weighted by molar-refractivity contribution is 0.174. The highest BCUT2D eigenvalue weighted by Crippen LogP contribution is 2.42. The molecule has 0 atom stereocenters. The van der Waals surface area contributed by atoms with Crippen molar-refractivity contribution in [2.45, 2.75) is 6.92 Å². The fraction of sp³-hybridized carbons (Fsp3) is 0.133. The Labute approximate surface area is 124 Å². The molecule has 0 saturated carbocycles. The average Bonchev–Trinajstić information content (AvgIpc) is 3.17. The van der Waals surface area contributed by atoms with E-state index in [1.807, 2.05) is 30.5 Å². The minimum Gasteiger partial charge on any atom is -0.454 e. The van der Waals surface area contributed by atoms with Gasteiger partial charge in [-0.1, -0.05) is 11.2 Å². The van der Waals surface area contributed by atoms with Crippen LogP contribution in [-0.2, 0) is 0 Å². The summed E-state index contributed by atoms with van der Waals surface area (Å²) in [4.78, 5) is 0. The first-order chi connectivity index (χ1) is 10.2. The summed E-state index contributed by atoms with van der Waals surface area (Å²) < 4.78 is 16.2. The van der Waals surface area contributed by atoms with E-state index >= 15 is 0 Å². The van der Waals surface area contributed by atoms with Crippen molar-refractivity contribution in [1.82, 2.24) is 5.16 Å². The number of nitrogens with zero attached hydrogens (tertiary/aromatic N) is 1. The first-order valence-corrected chi connectivity index (χ1v) is 7.36. The third kappa shape index (κ3) is 1.87. The van der Waals surface area contributed by atoms with Gasteiger partial charge in [0.1, 0.15) is 0 Å². The number of nitrogens with two attached hydrogens (primary N) is 1. The van der Waals surface area contributed by atoms with Crippen molar-refractivity contribution in [3.05, 3.63) is 34.5 Å². The Morgan fingerprint density at radius 1 is 1.19 bits per heavy atom. The molecular weight excluding hydrogens is 288 g/mol. The van der Waals surface area contributed by atoms with Crippen LogP contribution in [0.5, 0.6) is 11.5 Å². The number of hydrogen-bond donors (Lipinski definition) is 1. The summed E-state index contributed by atoms with van der Waals surface area (Å²) in [7, 11) is 0. The van der Waals surface area contributed by atoms with E-state index in [9.17, 15) is 0 Å². The van der Waals surface area contributed by atoms with E-state index in [1.165, 1.54) is 0 Å². The molecule has 5 nitrogen and oxygen atoms in total. The smallest absolute Gasteiger partial charge is 0.231 e. The summed E-state index contributed by atoms with van der Waals surface area (Å²) in [6.07, 6.45) is 0. The van der Waals surface area contributed by atoms with Gasteiger partial charge >= 0.3 is 0 Å². The number of aromatic nitrogens is 1. The molecule has 3 heterocycles. The van der Waals surface area contributed by atoms with E-state index in [0.29, 0.717) is 17.3 Å². The molecule has 1 aromatic carbocycles. The lowest BCUT2D eigenvalue weighted by atomic mass is 10.0. The predicted molar refractivity (Wildman–Crippen MR) is 80.5 cm³/mol. The monoisotopic (exact) mass is 300 g/mol. The molecule has 0 radical (unpaired) electrons. The molecule has 0 unspecified atom stereocenters. The molecule has 1 aliphatic rings. The Bertz CT molecular complexity index is 822. The van der Waals surface area contributed by atoms with Gasteiger partial charge in [0.05, 0.1) is 5.56 Å². The van der Waals surface area contributed by atoms with Gasteiger partial charge in [0, 0.05) is 10.9 Å². The zero-order valence-corrected chi connectivity index (χ0v) is 12.1. The largest absolute Gasteiger partial charge is 0.454 e. The molecular formula is C15H12N2O3S. The van der Waals surface area contributed by atoms with Crippen molar-refractivity contribution in [3.8, 4) is 33.9 Å². The van der Waals surface area contributed by atoms with Gasteiger partial charge in [-0.15, -0.1) is 0 Å². The van der Waals surface area contributed by atoms with E-state index in [-0.39, 0.29) is 6.79 Å². The second-order valence-electron chi connectivity index (χ2n) is 4.81. The number of thiophene rings is 1. The molecule has 1 aliphatic heterocycles. The Balaban J connectivity index is 1.89. The molecule has 0 fully saturated rings. The summed E-state index contributed by atoms with van der Waals surface area (Å²) in [5, 5.41) is 8.02. The van der Waals surface area contributed by atoms with Crippen LogP contribution in [0.2, 0.25) is 0 Å². The van der Waals surface area contributed by atoms with Gasteiger partial charge in [0.15, 0.2) is 23.1 Å². The first-order valence-electron chi connectivity index (χ1n) is 6.42. The molecule has 2 aromatic heterocycles. The molecule has 0 aliphatic carbocycles. The van der Waals surface area contributed by atoms with Gasteiger partial charge in [-0.3, -0.25) is 0 Å². The van der Waals surface area contributed by atoms with Crippen LogP contribution in [-0.4, -0.2) is 11.9 Å². The molecule has 4 rings (SSSR count). The Hall–Kier alpha value is -2.47. The van der Waals surface area contributed by atoms with Crippen LogP contribution >= 0.6 is 11.3 Å². The number of hydrogen-bond acceptors (Lipinski definition) is 6. The van der Waals surface area contributed by atoms with Crippen LogP contribution in [0.15, 0.2) is 33.5 Å². The van der Waals surface area contributed by atoms with E-state index < -0.39 is 0 Å². The number of ether oxygens (including phenoxy) is 2. The lowest BCUT2D eigenvalue weighted by Gasteiger charge is -2.04. The molecule has 0 spiro atoms. The number of anilines is 1. The minimum atomic E-state index is 0.244. The highest BCUT2D eigenvalue weighted by Gasteiger charge is 2.22. The van der Waals surface area contributed by atoms with Gasteiger partial charge < -0.3 is 19.7 Å². The van der Waals surface area contributed by atoms with Crippen molar-refractivity contribution < 1.29 is 14.0 Å². The summed E-state index contributed by atoms with van der Waals surface area (Å²) in [6, 6.07) is 5.70. The van der Waals surface area contributed by atoms with Crippen molar-refractivity contribution in [3.63, 3.8) is 0 Å².